The number of aromatic nitrogens is 1. The molecule has 1 aromatic carbocycles. The molecule has 2 atom stereocenters. The molecule has 2 unspecified atom stereocenters. The number of fused-ring (bicyclic) bond motifs is 1. The molecule has 3 N–H and O–H groups in total. The van der Waals surface area contributed by atoms with Crippen LogP contribution in [0.1, 0.15) is 29.0 Å². The largest absolute Gasteiger partial charge is 0.481 e. The minimum atomic E-state index is -4.62. The number of halogens is 4. The van der Waals surface area contributed by atoms with E-state index in [1.807, 2.05) is 0 Å². The zero-order chi connectivity index (χ0) is 23.6. The van der Waals surface area contributed by atoms with Crippen LogP contribution in [-0.2, 0) is 22.2 Å². The predicted molar refractivity (Wildman–Crippen MR) is 111 cm³/mol. The summed E-state index contributed by atoms with van der Waals surface area (Å²) in [6, 6.07) is 3.99. The Kier molecular flexibility index (Phi) is 6.94. The van der Waals surface area contributed by atoms with Crippen LogP contribution >= 0.6 is 11.6 Å². The number of hydrogen-bond donors (Lipinski definition) is 3. The second-order valence-electron chi connectivity index (χ2n) is 7.52. The number of nitrogens with one attached hydrogen (secondary N) is 1. The van der Waals surface area contributed by atoms with Crippen molar-refractivity contribution in [3.05, 3.63) is 52.3 Å². The predicted octanol–water partition coefficient (Wildman–Crippen LogP) is 3.93. The lowest BCUT2D eigenvalue weighted by Crippen LogP contribution is -2.31. The average molecular weight is 472 g/mol. The summed E-state index contributed by atoms with van der Waals surface area (Å²) >= 11 is 6.43. The van der Waals surface area contributed by atoms with Crippen LogP contribution in [0, 0.1) is 5.92 Å². The van der Waals surface area contributed by atoms with Crippen LogP contribution in [0.15, 0.2) is 30.6 Å². The first-order valence-corrected chi connectivity index (χ1v) is 10.1. The van der Waals surface area contributed by atoms with Gasteiger partial charge in [-0.1, -0.05) is 17.7 Å². The van der Waals surface area contributed by atoms with Gasteiger partial charge < -0.3 is 20.4 Å². The molecule has 0 saturated carbocycles. The first-order valence-electron chi connectivity index (χ1n) is 9.73. The highest BCUT2D eigenvalue weighted by molar-refractivity contribution is 6.33. The number of aliphatic carboxylic acids is 2. The van der Waals surface area contributed by atoms with E-state index >= 15 is 0 Å². The zero-order valence-electron chi connectivity index (χ0n) is 17.0. The highest BCUT2D eigenvalue weighted by Crippen LogP contribution is 2.44. The number of carboxylic acids is 2. The Morgan fingerprint density at radius 2 is 2.03 bits per heavy atom. The molecule has 0 radical (unpaired) electrons. The molecule has 32 heavy (non-hydrogen) atoms. The van der Waals surface area contributed by atoms with Crippen molar-refractivity contribution in [1.82, 2.24) is 10.3 Å². The second-order valence-corrected chi connectivity index (χ2v) is 7.92. The van der Waals surface area contributed by atoms with Gasteiger partial charge in [0.2, 0.25) is 0 Å². The molecule has 3 rings (SSSR count). The molecule has 2 heterocycles. The fraction of sp³-hybridized carbons (Fsp3) is 0.381. The molecular weight excluding hydrogens is 451 g/mol. The van der Waals surface area contributed by atoms with E-state index in [4.69, 9.17) is 11.6 Å². The van der Waals surface area contributed by atoms with Crippen LogP contribution < -0.4 is 10.2 Å². The van der Waals surface area contributed by atoms with Gasteiger partial charge in [-0.25, -0.2) is 0 Å². The Hall–Kier alpha value is -2.85. The molecule has 0 bridgehead atoms. The van der Waals surface area contributed by atoms with Crippen molar-refractivity contribution in [3.63, 3.8) is 0 Å². The summed E-state index contributed by atoms with van der Waals surface area (Å²) in [5, 5.41) is 22.2. The van der Waals surface area contributed by atoms with Gasteiger partial charge in [0.25, 0.3) is 0 Å². The zero-order valence-corrected chi connectivity index (χ0v) is 17.7. The highest BCUT2D eigenvalue weighted by atomic mass is 35.5. The van der Waals surface area contributed by atoms with Crippen LogP contribution in [-0.4, -0.2) is 47.3 Å². The maximum atomic E-state index is 13.6. The van der Waals surface area contributed by atoms with Crippen LogP contribution in [0.25, 0.3) is 0 Å². The summed E-state index contributed by atoms with van der Waals surface area (Å²) in [5.41, 5.74) is 0.331. The lowest BCUT2D eigenvalue weighted by atomic mass is 9.81. The van der Waals surface area contributed by atoms with E-state index < -0.39 is 41.9 Å². The number of rotatable bonds is 6. The third kappa shape index (κ3) is 4.81. The van der Waals surface area contributed by atoms with E-state index in [2.05, 4.69) is 10.3 Å². The molecule has 0 saturated heterocycles. The number of benzene rings is 1. The van der Waals surface area contributed by atoms with Gasteiger partial charge in [-0.3, -0.25) is 14.6 Å². The van der Waals surface area contributed by atoms with Gasteiger partial charge in [-0.05, 0) is 36.2 Å². The molecule has 1 aromatic heterocycles. The lowest BCUT2D eigenvalue weighted by Gasteiger charge is -2.29. The summed E-state index contributed by atoms with van der Waals surface area (Å²) in [4.78, 5) is 28.3. The summed E-state index contributed by atoms with van der Waals surface area (Å²) in [6.45, 7) is 0.631. The molecule has 1 aliphatic rings. The van der Waals surface area contributed by atoms with Crippen molar-refractivity contribution in [2.45, 2.75) is 24.9 Å². The van der Waals surface area contributed by atoms with Gasteiger partial charge in [-0.2, -0.15) is 13.2 Å². The minimum absolute atomic E-state index is 0.189. The Balaban J connectivity index is 2.17. The molecule has 7 nitrogen and oxygen atoms in total. The standard InChI is InChI=1S/C21H21ClF3N3O4/c1-28(17-10-27-7-5-15(17)21(23,24)25)19-12-4-6-26-9-14(11(12)2-3-16(19)22)13(20(31)32)8-18(29)30/h2-3,5,7,10,13-14,26H,4,6,8-9H2,1H3,(H,29,30)(H,31,32). The summed E-state index contributed by atoms with van der Waals surface area (Å²) in [5.74, 6) is -4.44. The van der Waals surface area contributed by atoms with Gasteiger partial charge in [-0.15, -0.1) is 0 Å². The van der Waals surface area contributed by atoms with E-state index in [1.54, 1.807) is 6.07 Å². The lowest BCUT2D eigenvalue weighted by molar-refractivity contribution is -0.149. The van der Waals surface area contributed by atoms with E-state index in [0.717, 1.165) is 18.5 Å². The van der Waals surface area contributed by atoms with Gasteiger partial charge in [0, 0.05) is 25.7 Å². The summed E-state index contributed by atoms with van der Waals surface area (Å²) in [6.07, 6.45) is -2.69. The van der Waals surface area contributed by atoms with E-state index in [-0.39, 0.29) is 17.3 Å². The molecule has 0 amide bonds. The van der Waals surface area contributed by atoms with E-state index in [0.29, 0.717) is 29.8 Å². The minimum Gasteiger partial charge on any atom is -0.481 e. The maximum Gasteiger partial charge on any atom is 0.418 e. The van der Waals surface area contributed by atoms with Crippen molar-refractivity contribution in [2.24, 2.45) is 5.92 Å². The van der Waals surface area contributed by atoms with Gasteiger partial charge in [0.15, 0.2) is 0 Å². The van der Waals surface area contributed by atoms with Crippen molar-refractivity contribution in [1.29, 1.82) is 0 Å². The van der Waals surface area contributed by atoms with Crippen molar-refractivity contribution < 1.29 is 33.0 Å². The monoisotopic (exact) mass is 471 g/mol. The number of anilines is 2. The Morgan fingerprint density at radius 1 is 1.31 bits per heavy atom. The average Bonchev–Trinajstić information content (AvgIpc) is 2.93. The first kappa shape index (κ1) is 23.8. The number of pyridine rings is 1. The number of carbonyl (C=O) groups is 2. The molecule has 172 valence electrons. The smallest absolute Gasteiger partial charge is 0.418 e. The molecule has 0 fully saturated rings. The number of carboxylic acid groups (broad SMARTS) is 2. The fourth-order valence-electron chi connectivity index (χ4n) is 4.14. The molecule has 1 aliphatic heterocycles. The normalized spacial score (nSPS) is 17.2. The Morgan fingerprint density at radius 3 is 2.66 bits per heavy atom. The fourth-order valence-corrected chi connectivity index (χ4v) is 4.44. The third-order valence-electron chi connectivity index (χ3n) is 5.58. The van der Waals surface area contributed by atoms with E-state index in [1.165, 1.54) is 18.0 Å². The van der Waals surface area contributed by atoms with Crippen LogP contribution in [0.2, 0.25) is 5.02 Å². The van der Waals surface area contributed by atoms with Gasteiger partial charge in [0.1, 0.15) is 0 Å². The van der Waals surface area contributed by atoms with Gasteiger partial charge >= 0.3 is 18.1 Å². The van der Waals surface area contributed by atoms with Crippen LogP contribution in [0.5, 0.6) is 0 Å². The number of hydrogen-bond acceptors (Lipinski definition) is 5. The molecular formula is C21H21ClF3N3O4. The summed E-state index contributed by atoms with van der Waals surface area (Å²) in [7, 11) is 1.44. The Labute approximate surface area is 186 Å². The quantitative estimate of drug-likeness (QED) is 0.586. The summed E-state index contributed by atoms with van der Waals surface area (Å²) < 4.78 is 40.8. The molecule has 11 heteroatoms. The maximum absolute atomic E-state index is 13.6. The molecule has 0 spiro atoms. The molecule has 2 aromatic rings. The SMILES string of the molecule is CN(c1cnccc1C(F)(F)F)c1c(Cl)ccc2c1CCNCC2C(CC(=O)O)C(=O)O. The van der Waals surface area contributed by atoms with Crippen molar-refractivity contribution >= 4 is 34.9 Å². The molecule has 0 aliphatic carbocycles. The second kappa shape index (κ2) is 9.33. The third-order valence-corrected chi connectivity index (χ3v) is 5.89. The number of nitrogens with zero attached hydrogens (tertiary/aromatic N) is 2. The van der Waals surface area contributed by atoms with Crippen LogP contribution in [0.3, 0.4) is 0 Å². The first-order chi connectivity index (χ1) is 15.0. The van der Waals surface area contributed by atoms with Crippen molar-refractivity contribution in [2.75, 3.05) is 25.0 Å². The van der Waals surface area contributed by atoms with Crippen molar-refractivity contribution in [3.8, 4) is 0 Å². The van der Waals surface area contributed by atoms with Crippen LogP contribution in [0.4, 0.5) is 24.5 Å². The Bertz CT molecular complexity index is 1030. The van der Waals surface area contributed by atoms with Gasteiger partial charge in [0.05, 0.1) is 40.5 Å². The highest BCUT2D eigenvalue weighted by Gasteiger charge is 2.37. The van der Waals surface area contributed by atoms with E-state index in [9.17, 15) is 33.0 Å². The number of alkyl halides is 3. The topological polar surface area (TPSA) is 103 Å².